The molecule has 0 bridgehead atoms. The standard InChI is InChI=1S/C17H21N3O2S/c1-4-11(2)20-16(22)14(15(21)19-17(20)23)10-18-12(3)13-8-6-5-7-9-13/h5-12,22H,4H2,1-3H3,(H,19,21,23)/t11-,12-/m0/s1. The van der Waals surface area contributed by atoms with Gasteiger partial charge >= 0.3 is 0 Å². The van der Waals surface area contributed by atoms with Crippen molar-refractivity contribution in [1.29, 1.82) is 0 Å². The molecule has 2 aromatic rings. The van der Waals surface area contributed by atoms with Gasteiger partial charge in [-0.2, -0.15) is 0 Å². The molecule has 23 heavy (non-hydrogen) atoms. The van der Waals surface area contributed by atoms with Gasteiger partial charge in [-0.15, -0.1) is 0 Å². The highest BCUT2D eigenvalue weighted by Gasteiger charge is 2.14. The number of nitrogens with zero attached hydrogens (tertiary/aromatic N) is 2. The minimum Gasteiger partial charge on any atom is -0.494 e. The van der Waals surface area contributed by atoms with Gasteiger partial charge in [-0.05, 0) is 38.0 Å². The molecule has 0 aliphatic carbocycles. The van der Waals surface area contributed by atoms with Gasteiger partial charge in [-0.25, -0.2) is 0 Å². The molecule has 5 nitrogen and oxygen atoms in total. The second-order valence-corrected chi connectivity index (χ2v) is 5.88. The van der Waals surface area contributed by atoms with Crippen LogP contribution in [0, 0.1) is 4.77 Å². The Morgan fingerprint density at radius 1 is 1.35 bits per heavy atom. The lowest BCUT2D eigenvalue weighted by atomic mass is 10.1. The van der Waals surface area contributed by atoms with Crippen LogP contribution in [-0.2, 0) is 0 Å². The Labute approximate surface area is 140 Å². The van der Waals surface area contributed by atoms with Crippen molar-refractivity contribution >= 4 is 18.4 Å². The van der Waals surface area contributed by atoms with Crippen LogP contribution in [0.15, 0.2) is 40.1 Å². The van der Waals surface area contributed by atoms with Gasteiger partial charge in [-0.1, -0.05) is 37.3 Å². The smallest absolute Gasteiger partial charge is 0.264 e. The van der Waals surface area contributed by atoms with Crippen molar-refractivity contribution in [1.82, 2.24) is 9.55 Å². The molecule has 0 amide bonds. The van der Waals surface area contributed by atoms with E-state index in [9.17, 15) is 9.90 Å². The first-order chi connectivity index (χ1) is 11.0. The molecule has 2 atom stereocenters. The Kier molecular flexibility index (Phi) is 5.50. The summed E-state index contributed by atoms with van der Waals surface area (Å²) in [4.78, 5) is 19.1. The van der Waals surface area contributed by atoms with Gasteiger partial charge in [0.1, 0.15) is 5.56 Å². The van der Waals surface area contributed by atoms with E-state index in [-0.39, 0.29) is 28.3 Å². The molecule has 0 aliphatic rings. The fourth-order valence-corrected chi connectivity index (χ4v) is 2.62. The third-order valence-electron chi connectivity index (χ3n) is 3.89. The highest BCUT2D eigenvalue weighted by molar-refractivity contribution is 7.71. The van der Waals surface area contributed by atoms with Crippen molar-refractivity contribution in [2.45, 2.75) is 39.3 Å². The molecule has 2 rings (SSSR count). The number of benzene rings is 1. The number of aromatic nitrogens is 2. The van der Waals surface area contributed by atoms with Crippen LogP contribution in [0.5, 0.6) is 5.88 Å². The number of aromatic amines is 1. The lowest BCUT2D eigenvalue weighted by molar-refractivity contribution is 0.371. The SMILES string of the molecule is CC[C@H](C)n1c(O)c(C=N[C@@H](C)c2ccccc2)c(=O)[nH]c1=S. The van der Waals surface area contributed by atoms with E-state index >= 15 is 0 Å². The summed E-state index contributed by atoms with van der Waals surface area (Å²) in [6.45, 7) is 5.85. The summed E-state index contributed by atoms with van der Waals surface area (Å²) in [7, 11) is 0. The van der Waals surface area contributed by atoms with Crippen LogP contribution in [-0.4, -0.2) is 20.9 Å². The second kappa shape index (κ2) is 7.37. The molecule has 0 spiro atoms. The number of rotatable bonds is 5. The maximum absolute atomic E-state index is 12.1. The van der Waals surface area contributed by atoms with E-state index in [1.165, 1.54) is 6.21 Å². The van der Waals surface area contributed by atoms with Crippen molar-refractivity contribution in [2.75, 3.05) is 0 Å². The van der Waals surface area contributed by atoms with Gasteiger partial charge in [-0.3, -0.25) is 19.3 Å². The number of hydrogen-bond acceptors (Lipinski definition) is 4. The molecule has 1 heterocycles. The molecule has 0 aliphatic heterocycles. The number of aromatic hydroxyl groups is 1. The van der Waals surface area contributed by atoms with Crippen LogP contribution < -0.4 is 5.56 Å². The fraction of sp³-hybridized carbons (Fsp3) is 0.353. The number of hydrogen-bond donors (Lipinski definition) is 2. The molecule has 1 aromatic carbocycles. The van der Waals surface area contributed by atoms with Gasteiger partial charge in [0.15, 0.2) is 4.77 Å². The van der Waals surface area contributed by atoms with Crippen molar-refractivity contribution in [3.05, 3.63) is 56.6 Å². The van der Waals surface area contributed by atoms with Crippen LogP contribution >= 0.6 is 12.2 Å². The van der Waals surface area contributed by atoms with Crippen molar-refractivity contribution in [3.63, 3.8) is 0 Å². The molecular weight excluding hydrogens is 310 g/mol. The lowest BCUT2D eigenvalue weighted by Gasteiger charge is -2.17. The lowest BCUT2D eigenvalue weighted by Crippen LogP contribution is -2.20. The van der Waals surface area contributed by atoms with E-state index in [0.29, 0.717) is 0 Å². The van der Waals surface area contributed by atoms with Crippen LogP contribution in [0.4, 0.5) is 0 Å². The minimum atomic E-state index is -0.434. The van der Waals surface area contributed by atoms with Crippen LogP contribution in [0.1, 0.15) is 50.4 Å². The molecule has 6 heteroatoms. The first-order valence-electron chi connectivity index (χ1n) is 7.61. The summed E-state index contributed by atoms with van der Waals surface area (Å²) in [6, 6.07) is 9.63. The molecular formula is C17H21N3O2S. The monoisotopic (exact) mass is 331 g/mol. The van der Waals surface area contributed by atoms with E-state index in [1.807, 2.05) is 51.1 Å². The van der Waals surface area contributed by atoms with Gasteiger partial charge in [0, 0.05) is 12.3 Å². The molecule has 1 aromatic heterocycles. The Balaban J connectivity index is 2.42. The summed E-state index contributed by atoms with van der Waals surface area (Å²) in [5.74, 6) is -0.142. The largest absolute Gasteiger partial charge is 0.494 e. The van der Waals surface area contributed by atoms with Gasteiger partial charge < -0.3 is 5.11 Å². The predicted octanol–water partition coefficient (Wildman–Crippen LogP) is 3.76. The Morgan fingerprint density at radius 2 is 2.00 bits per heavy atom. The number of nitrogens with one attached hydrogen (secondary N) is 1. The molecule has 0 fully saturated rings. The fourth-order valence-electron chi connectivity index (χ4n) is 2.26. The average Bonchev–Trinajstić information content (AvgIpc) is 2.54. The van der Waals surface area contributed by atoms with Crippen molar-refractivity contribution < 1.29 is 5.11 Å². The molecule has 0 radical (unpaired) electrons. The van der Waals surface area contributed by atoms with E-state index in [4.69, 9.17) is 12.2 Å². The van der Waals surface area contributed by atoms with Crippen LogP contribution in [0.25, 0.3) is 0 Å². The van der Waals surface area contributed by atoms with Crippen molar-refractivity contribution in [3.8, 4) is 5.88 Å². The third-order valence-corrected chi connectivity index (χ3v) is 4.19. The quantitative estimate of drug-likeness (QED) is 0.647. The van der Waals surface area contributed by atoms with Crippen LogP contribution in [0.2, 0.25) is 0 Å². The van der Waals surface area contributed by atoms with Gasteiger partial charge in [0.25, 0.3) is 5.56 Å². The molecule has 0 saturated heterocycles. The third kappa shape index (κ3) is 3.76. The summed E-state index contributed by atoms with van der Waals surface area (Å²) < 4.78 is 1.76. The number of H-pyrrole nitrogens is 1. The molecule has 122 valence electrons. The second-order valence-electron chi connectivity index (χ2n) is 5.49. The highest BCUT2D eigenvalue weighted by atomic mass is 32.1. The summed E-state index contributed by atoms with van der Waals surface area (Å²) in [5, 5.41) is 10.4. The average molecular weight is 331 g/mol. The Morgan fingerprint density at radius 3 is 2.61 bits per heavy atom. The van der Waals surface area contributed by atoms with E-state index in [0.717, 1.165) is 12.0 Å². The summed E-state index contributed by atoms with van der Waals surface area (Å²) in [6.07, 6.45) is 2.20. The normalized spacial score (nSPS) is 14.0. The maximum atomic E-state index is 12.1. The number of aliphatic imine (C=N–C) groups is 1. The highest BCUT2D eigenvalue weighted by Crippen LogP contribution is 2.21. The van der Waals surface area contributed by atoms with E-state index in [1.54, 1.807) is 4.57 Å². The van der Waals surface area contributed by atoms with Crippen molar-refractivity contribution in [2.24, 2.45) is 4.99 Å². The zero-order valence-electron chi connectivity index (χ0n) is 13.5. The zero-order chi connectivity index (χ0) is 17.0. The Hall–Kier alpha value is -2.21. The maximum Gasteiger partial charge on any atom is 0.264 e. The predicted molar refractivity (Wildman–Crippen MR) is 95.0 cm³/mol. The molecule has 0 unspecified atom stereocenters. The zero-order valence-corrected chi connectivity index (χ0v) is 14.3. The van der Waals surface area contributed by atoms with Crippen LogP contribution in [0.3, 0.4) is 0 Å². The first kappa shape index (κ1) is 17.1. The first-order valence-corrected chi connectivity index (χ1v) is 8.02. The minimum absolute atomic E-state index is 0.0157. The van der Waals surface area contributed by atoms with E-state index in [2.05, 4.69) is 9.98 Å². The Bertz CT molecular complexity index is 809. The summed E-state index contributed by atoms with van der Waals surface area (Å²) >= 11 is 5.14. The summed E-state index contributed by atoms with van der Waals surface area (Å²) in [5.41, 5.74) is 0.729. The molecule has 2 N–H and O–H groups in total. The topological polar surface area (TPSA) is 70.4 Å². The van der Waals surface area contributed by atoms with E-state index < -0.39 is 5.56 Å². The van der Waals surface area contributed by atoms with Gasteiger partial charge in [0.05, 0.1) is 6.04 Å². The molecule has 0 saturated carbocycles. The van der Waals surface area contributed by atoms with Gasteiger partial charge in [0.2, 0.25) is 5.88 Å².